The van der Waals surface area contributed by atoms with Gasteiger partial charge in [-0.2, -0.15) is 0 Å². The number of aryl methyl sites for hydroxylation is 2. The van der Waals surface area contributed by atoms with Crippen LogP contribution in [-0.4, -0.2) is 57.6 Å². The first-order chi connectivity index (χ1) is 12.0. The quantitative estimate of drug-likeness (QED) is 0.626. The molecule has 0 spiro atoms. The highest BCUT2D eigenvalue weighted by molar-refractivity contribution is 7.80. The van der Waals surface area contributed by atoms with E-state index in [1.54, 1.807) is 17.4 Å². The van der Waals surface area contributed by atoms with Gasteiger partial charge in [0.1, 0.15) is 10.7 Å². The lowest BCUT2D eigenvalue weighted by Gasteiger charge is -2.35. The number of fused-ring (bicyclic) bond motifs is 1. The molecule has 1 aliphatic heterocycles. The molecule has 0 amide bonds. The lowest BCUT2D eigenvalue weighted by molar-refractivity contribution is 0.171. The molecule has 1 fully saturated rings. The second-order valence-electron chi connectivity index (χ2n) is 6.21. The van der Waals surface area contributed by atoms with Crippen LogP contribution in [-0.2, 0) is 6.54 Å². The Labute approximate surface area is 156 Å². The molecule has 0 aliphatic carbocycles. The lowest BCUT2D eigenvalue weighted by atomic mass is 10.2. The number of thiocarbonyl (C=S) groups is 1. The minimum atomic E-state index is -0.0321. The molecule has 25 heavy (non-hydrogen) atoms. The fraction of sp³-hybridized carbons (Fsp3) is 0.471. The zero-order chi connectivity index (χ0) is 18.0. The zero-order valence-electron chi connectivity index (χ0n) is 14.6. The van der Waals surface area contributed by atoms with Crippen molar-refractivity contribution in [2.45, 2.75) is 20.4 Å². The van der Waals surface area contributed by atoms with Gasteiger partial charge in [-0.3, -0.25) is 9.69 Å². The van der Waals surface area contributed by atoms with Gasteiger partial charge in [0.15, 0.2) is 5.11 Å². The Hall–Kier alpha value is -1.77. The summed E-state index contributed by atoms with van der Waals surface area (Å²) in [5, 5.41) is 4.67. The van der Waals surface area contributed by atoms with E-state index in [2.05, 4.69) is 31.7 Å². The largest absolute Gasteiger partial charge is 0.359 e. The van der Waals surface area contributed by atoms with Crippen LogP contribution in [0.4, 0.5) is 0 Å². The Bertz CT molecular complexity index is 849. The maximum atomic E-state index is 12.4. The molecule has 0 atom stereocenters. The number of rotatable bonds is 4. The Balaban J connectivity index is 1.64. The van der Waals surface area contributed by atoms with E-state index < -0.39 is 0 Å². The monoisotopic (exact) mass is 377 g/mol. The number of hydrogen-bond donors (Lipinski definition) is 2. The maximum Gasteiger partial charge on any atom is 0.259 e. The van der Waals surface area contributed by atoms with Gasteiger partial charge in [-0.05, 0) is 31.6 Å². The summed E-state index contributed by atoms with van der Waals surface area (Å²) in [5.74, 6) is 0.736. The third-order valence-electron chi connectivity index (χ3n) is 4.52. The molecule has 0 radical (unpaired) electrons. The molecule has 2 aromatic rings. The third-order valence-corrected chi connectivity index (χ3v) is 6.02. The minimum Gasteiger partial charge on any atom is -0.359 e. The van der Waals surface area contributed by atoms with Crippen molar-refractivity contribution in [2.75, 3.05) is 32.7 Å². The van der Waals surface area contributed by atoms with E-state index in [9.17, 15) is 4.79 Å². The number of thiophene rings is 1. The third kappa shape index (κ3) is 3.91. The SMILES string of the molecule is C=CCNC(=S)N1CCN(Cc2nc3sc(C)c(C)c3c(=O)[nH]2)CC1. The van der Waals surface area contributed by atoms with Gasteiger partial charge in [0.05, 0.1) is 11.9 Å². The summed E-state index contributed by atoms with van der Waals surface area (Å²) in [4.78, 5) is 26.4. The predicted molar refractivity (Wildman–Crippen MR) is 107 cm³/mol. The van der Waals surface area contributed by atoms with E-state index in [4.69, 9.17) is 12.2 Å². The maximum absolute atomic E-state index is 12.4. The van der Waals surface area contributed by atoms with Crippen molar-refractivity contribution in [3.63, 3.8) is 0 Å². The minimum absolute atomic E-state index is 0.0321. The number of aromatic amines is 1. The molecule has 134 valence electrons. The Kier molecular flexibility index (Phi) is 5.51. The second kappa shape index (κ2) is 7.63. The van der Waals surface area contributed by atoms with Gasteiger partial charge < -0.3 is 15.2 Å². The molecule has 3 heterocycles. The lowest BCUT2D eigenvalue weighted by Crippen LogP contribution is -2.51. The molecule has 3 rings (SSSR count). The molecule has 2 aromatic heterocycles. The van der Waals surface area contributed by atoms with Crippen LogP contribution in [0.2, 0.25) is 0 Å². The van der Waals surface area contributed by atoms with Crippen LogP contribution in [0.1, 0.15) is 16.3 Å². The molecular weight excluding hydrogens is 354 g/mol. The number of H-pyrrole nitrogens is 1. The zero-order valence-corrected chi connectivity index (χ0v) is 16.2. The van der Waals surface area contributed by atoms with E-state index in [0.29, 0.717) is 13.1 Å². The number of hydrogen-bond acceptors (Lipinski definition) is 5. The Morgan fingerprint density at radius 2 is 2.12 bits per heavy atom. The summed E-state index contributed by atoms with van der Waals surface area (Å²) >= 11 is 6.97. The highest BCUT2D eigenvalue weighted by Crippen LogP contribution is 2.25. The second-order valence-corrected chi connectivity index (χ2v) is 7.80. The summed E-state index contributed by atoms with van der Waals surface area (Å²) < 4.78 is 0. The van der Waals surface area contributed by atoms with Crippen molar-refractivity contribution < 1.29 is 0 Å². The van der Waals surface area contributed by atoms with Gasteiger partial charge in [-0.25, -0.2) is 4.98 Å². The van der Waals surface area contributed by atoms with Crippen molar-refractivity contribution in [3.05, 3.63) is 39.3 Å². The summed E-state index contributed by atoms with van der Waals surface area (Å²) in [7, 11) is 0. The van der Waals surface area contributed by atoms with Crippen LogP contribution in [0.5, 0.6) is 0 Å². The van der Waals surface area contributed by atoms with Gasteiger partial charge in [-0.15, -0.1) is 17.9 Å². The van der Waals surface area contributed by atoms with Gasteiger partial charge >= 0.3 is 0 Å². The van der Waals surface area contributed by atoms with Crippen molar-refractivity contribution >= 4 is 38.9 Å². The van der Waals surface area contributed by atoms with Crippen molar-refractivity contribution in [1.29, 1.82) is 0 Å². The fourth-order valence-corrected chi connectivity index (χ4v) is 4.28. The van der Waals surface area contributed by atoms with Crippen LogP contribution in [0, 0.1) is 13.8 Å². The first-order valence-corrected chi connectivity index (χ1v) is 9.57. The average Bonchev–Trinajstić information content (AvgIpc) is 2.88. The standard InChI is InChI=1S/C17H23N5OS2/c1-4-5-18-17(24)22-8-6-21(7-9-22)10-13-19-15(23)14-11(2)12(3)25-16(14)20-13/h4H,1,5-10H2,2-3H3,(H,18,24)(H,19,20,23). The van der Waals surface area contributed by atoms with Crippen LogP contribution in [0.25, 0.3) is 10.2 Å². The van der Waals surface area contributed by atoms with E-state index >= 15 is 0 Å². The molecule has 0 saturated carbocycles. The van der Waals surface area contributed by atoms with E-state index in [1.165, 1.54) is 0 Å². The van der Waals surface area contributed by atoms with Crippen LogP contribution in [0.15, 0.2) is 17.4 Å². The van der Waals surface area contributed by atoms with Crippen LogP contribution >= 0.6 is 23.6 Å². The van der Waals surface area contributed by atoms with Crippen molar-refractivity contribution in [3.8, 4) is 0 Å². The number of piperazine rings is 1. The summed E-state index contributed by atoms with van der Waals surface area (Å²) in [6, 6.07) is 0. The molecular formula is C17H23N5OS2. The van der Waals surface area contributed by atoms with Crippen LogP contribution < -0.4 is 10.9 Å². The predicted octanol–water partition coefficient (Wildman–Crippen LogP) is 1.78. The Morgan fingerprint density at radius 3 is 2.80 bits per heavy atom. The molecule has 2 N–H and O–H groups in total. The highest BCUT2D eigenvalue weighted by Gasteiger charge is 2.20. The van der Waals surface area contributed by atoms with Gasteiger partial charge in [-0.1, -0.05) is 6.08 Å². The molecule has 0 unspecified atom stereocenters. The average molecular weight is 378 g/mol. The molecule has 0 aromatic carbocycles. The highest BCUT2D eigenvalue weighted by atomic mass is 32.1. The first-order valence-electron chi connectivity index (χ1n) is 8.34. The summed E-state index contributed by atoms with van der Waals surface area (Å²) in [6.45, 7) is 12.6. The van der Waals surface area contributed by atoms with E-state index in [-0.39, 0.29) is 5.56 Å². The summed E-state index contributed by atoms with van der Waals surface area (Å²) in [5.41, 5.74) is 1.00. The topological polar surface area (TPSA) is 64.3 Å². The van der Waals surface area contributed by atoms with Gasteiger partial charge in [0.25, 0.3) is 5.56 Å². The molecule has 1 saturated heterocycles. The molecule has 6 nitrogen and oxygen atoms in total. The van der Waals surface area contributed by atoms with E-state index in [1.807, 2.05) is 13.8 Å². The Morgan fingerprint density at radius 1 is 1.40 bits per heavy atom. The normalized spacial score (nSPS) is 15.5. The van der Waals surface area contributed by atoms with Gasteiger partial charge in [0, 0.05) is 37.6 Å². The molecule has 8 heteroatoms. The number of aromatic nitrogens is 2. The van der Waals surface area contributed by atoms with Crippen molar-refractivity contribution in [1.82, 2.24) is 25.1 Å². The van der Waals surface area contributed by atoms with Crippen LogP contribution in [0.3, 0.4) is 0 Å². The number of nitrogens with one attached hydrogen (secondary N) is 2. The molecule has 0 bridgehead atoms. The first kappa shape index (κ1) is 18.0. The van der Waals surface area contributed by atoms with Crippen molar-refractivity contribution in [2.24, 2.45) is 0 Å². The summed E-state index contributed by atoms with van der Waals surface area (Å²) in [6.07, 6.45) is 1.80. The van der Waals surface area contributed by atoms with Gasteiger partial charge in [0.2, 0.25) is 0 Å². The van der Waals surface area contributed by atoms with E-state index in [0.717, 1.165) is 57.8 Å². The smallest absolute Gasteiger partial charge is 0.259 e. The number of nitrogens with zero attached hydrogens (tertiary/aromatic N) is 3. The fourth-order valence-electron chi connectivity index (χ4n) is 2.97. The molecule has 1 aliphatic rings.